The minimum Gasteiger partial charge on any atom is -0.352 e. The van der Waals surface area contributed by atoms with Crippen molar-refractivity contribution >= 4 is 21.8 Å². The first-order chi connectivity index (χ1) is 20.1. The fourth-order valence-corrected chi connectivity index (χ4v) is 5.39. The molecule has 4 heterocycles. The third-order valence-electron chi connectivity index (χ3n) is 7.35. The zero-order chi connectivity index (χ0) is 27.8. The number of rotatable bonds is 7. The van der Waals surface area contributed by atoms with E-state index in [9.17, 15) is 4.39 Å². The monoisotopic (exact) mass is 538 g/mol. The molecule has 0 fully saturated rings. The van der Waals surface area contributed by atoms with Gasteiger partial charge >= 0.3 is 0 Å². The Hall–Kier alpha value is -5.14. The summed E-state index contributed by atoms with van der Waals surface area (Å²) in [7, 11) is 0. The molecule has 200 valence electrons. The van der Waals surface area contributed by atoms with Gasteiger partial charge in [-0.15, -0.1) is 0 Å². The zero-order valence-electron chi connectivity index (χ0n) is 22.4. The van der Waals surface area contributed by atoms with Gasteiger partial charge in [0.15, 0.2) is 0 Å². The number of pyridine rings is 2. The second kappa shape index (κ2) is 10.4. The van der Waals surface area contributed by atoms with Crippen molar-refractivity contribution < 1.29 is 4.39 Å². The van der Waals surface area contributed by atoms with Gasteiger partial charge in [-0.2, -0.15) is 5.10 Å². The highest BCUT2D eigenvalue weighted by Crippen LogP contribution is 2.35. The highest BCUT2D eigenvalue weighted by atomic mass is 19.1. The smallest absolute Gasteiger partial charge is 0.124 e. The van der Waals surface area contributed by atoms with Crippen LogP contribution in [-0.2, 0) is 13.1 Å². The SMILES string of the molecule is Cc1cc(F)cc(-c2cncc3[nH]c(-c4n[nH]c5ccc(-c6cncc(CNCc7ccccc7)c6)cc45)cc23)c1. The quantitative estimate of drug-likeness (QED) is 0.195. The number of H-pyrrole nitrogens is 2. The molecule has 7 rings (SSSR count). The Morgan fingerprint density at radius 1 is 0.707 bits per heavy atom. The van der Waals surface area contributed by atoms with Gasteiger partial charge in [0.05, 0.1) is 22.9 Å². The Balaban J connectivity index is 1.21. The lowest BCUT2D eigenvalue weighted by atomic mass is 10.0. The van der Waals surface area contributed by atoms with Crippen LogP contribution in [0.15, 0.2) is 104 Å². The minimum atomic E-state index is -0.260. The molecular formula is C34H27FN6. The van der Waals surface area contributed by atoms with E-state index in [4.69, 9.17) is 0 Å². The van der Waals surface area contributed by atoms with Crippen molar-refractivity contribution in [2.24, 2.45) is 0 Å². The average molecular weight is 539 g/mol. The van der Waals surface area contributed by atoms with E-state index in [2.05, 4.69) is 79.0 Å². The molecule has 0 amide bonds. The van der Waals surface area contributed by atoms with Crippen LogP contribution in [0.4, 0.5) is 4.39 Å². The van der Waals surface area contributed by atoms with E-state index in [1.807, 2.05) is 37.5 Å². The second-order valence-electron chi connectivity index (χ2n) is 10.4. The first-order valence-electron chi connectivity index (χ1n) is 13.5. The van der Waals surface area contributed by atoms with Crippen LogP contribution in [0.2, 0.25) is 0 Å². The summed E-state index contributed by atoms with van der Waals surface area (Å²) in [6, 6.07) is 25.9. The van der Waals surface area contributed by atoms with Gasteiger partial charge in [-0.1, -0.05) is 42.5 Å². The molecule has 0 bridgehead atoms. The summed E-state index contributed by atoms with van der Waals surface area (Å²) in [4.78, 5) is 12.4. The number of nitrogens with one attached hydrogen (secondary N) is 3. The van der Waals surface area contributed by atoms with Crippen molar-refractivity contribution in [2.45, 2.75) is 20.0 Å². The molecule has 0 atom stereocenters. The topological polar surface area (TPSA) is 82.3 Å². The molecule has 3 N–H and O–H groups in total. The average Bonchev–Trinajstić information content (AvgIpc) is 3.61. The van der Waals surface area contributed by atoms with Crippen LogP contribution < -0.4 is 5.32 Å². The number of hydrogen-bond donors (Lipinski definition) is 3. The molecular weight excluding hydrogens is 511 g/mol. The molecule has 0 aliphatic heterocycles. The fourth-order valence-electron chi connectivity index (χ4n) is 5.39. The van der Waals surface area contributed by atoms with Crippen LogP contribution in [0.5, 0.6) is 0 Å². The number of aromatic nitrogens is 5. The van der Waals surface area contributed by atoms with Crippen molar-refractivity contribution in [3.05, 3.63) is 126 Å². The first-order valence-corrected chi connectivity index (χ1v) is 13.5. The Labute approximate surface area is 236 Å². The van der Waals surface area contributed by atoms with E-state index in [1.54, 1.807) is 18.5 Å². The minimum absolute atomic E-state index is 0.260. The summed E-state index contributed by atoms with van der Waals surface area (Å²) >= 11 is 0. The lowest BCUT2D eigenvalue weighted by molar-refractivity contribution is 0.627. The van der Waals surface area contributed by atoms with E-state index in [0.717, 1.165) is 79.7 Å². The summed E-state index contributed by atoms with van der Waals surface area (Å²) in [5.41, 5.74) is 10.5. The van der Waals surface area contributed by atoms with Crippen LogP contribution in [0.25, 0.3) is 55.4 Å². The van der Waals surface area contributed by atoms with Crippen LogP contribution >= 0.6 is 0 Å². The van der Waals surface area contributed by atoms with E-state index < -0.39 is 0 Å². The number of hydrogen-bond acceptors (Lipinski definition) is 4. The van der Waals surface area contributed by atoms with Crippen molar-refractivity contribution in [3.8, 4) is 33.6 Å². The lowest BCUT2D eigenvalue weighted by Gasteiger charge is -2.08. The van der Waals surface area contributed by atoms with Crippen LogP contribution in [0.3, 0.4) is 0 Å². The Kier molecular flexibility index (Phi) is 6.34. The highest BCUT2D eigenvalue weighted by Gasteiger charge is 2.15. The van der Waals surface area contributed by atoms with E-state index in [1.165, 1.54) is 11.6 Å². The summed E-state index contributed by atoms with van der Waals surface area (Å²) < 4.78 is 14.2. The van der Waals surface area contributed by atoms with Crippen molar-refractivity contribution in [1.29, 1.82) is 0 Å². The van der Waals surface area contributed by atoms with E-state index in [-0.39, 0.29) is 5.82 Å². The molecule has 7 heteroatoms. The highest BCUT2D eigenvalue weighted by molar-refractivity contribution is 6.01. The Morgan fingerprint density at radius 2 is 1.56 bits per heavy atom. The van der Waals surface area contributed by atoms with E-state index in [0.29, 0.717) is 0 Å². The third kappa shape index (κ3) is 4.99. The second-order valence-corrected chi connectivity index (χ2v) is 10.4. The zero-order valence-corrected chi connectivity index (χ0v) is 22.4. The molecule has 0 aliphatic rings. The van der Waals surface area contributed by atoms with Crippen molar-refractivity contribution in [2.75, 3.05) is 0 Å². The number of halogens is 1. The molecule has 0 saturated heterocycles. The molecule has 0 spiro atoms. The number of benzene rings is 3. The van der Waals surface area contributed by atoms with E-state index >= 15 is 0 Å². The van der Waals surface area contributed by atoms with Gasteiger partial charge in [-0.05, 0) is 71.1 Å². The lowest BCUT2D eigenvalue weighted by Crippen LogP contribution is -2.12. The van der Waals surface area contributed by atoms with Gasteiger partial charge in [0.2, 0.25) is 0 Å². The maximum Gasteiger partial charge on any atom is 0.124 e. The number of aromatic amines is 2. The summed E-state index contributed by atoms with van der Waals surface area (Å²) in [6.07, 6.45) is 7.37. The molecule has 0 saturated carbocycles. The van der Waals surface area contributed by atoms with Crippen LogP contribution in [-0.4, -0.2) is 25.1 Å². The van der Waals surface area contributed by atoms with Crippen LogP contribution in [0.1, 0.15) is 16.7 Å². The largest absolute Gasteiger partial charge is 0.352 e. The first kappa shape index (κ1) is 24.9. The molecule has 6 nitrogen and oxygen atoms in total. The molecule has 7 aromatic rings. The predicted octanol–water partition coefficient (Wildman–Crippen LogP) is 7.57. The predicted molar refractivity (Wildman–Crippen MR) is 162 cm³/mol. The number of aryl methyl sites for hydroxylation is 1. The number of nitrogens with zero attached hydrogens (tertiary/aromatic N) is 3. The van der Waals surface area contributed by atoms with Crippen molar-refractivity contribution in [1.82, 2.24) is 30.5 Å². The maximum atomic E-state index is 14.2. The van der Waals surface area contributed by atoms with Gasteiger partial charge in [0.1, 0.15) is 11.5 Å². The normalized spacial score (nSPS) is 11.5. The molecule has 41 heavy (non-hydrogen) atoms. The van der Waals surface area contributed by atoms with Crippen LogP contribution in [0, 0.1) is 12.7 Å². The molecule has 3 aromatic carbocycles. The van der Waals surface area contributed by atoms with Gasteiger partial charge in [-0.25, -0.2) is 4.39 Å². The molecule has 0 radical (unpaired) electrons. The van der Waals surface area contributed by atoms with Gasteiger partial charge in [0.25, 0.3) is 0 Å². The molecule has 4 aromatic heterocycles. The summed E-state index contributed by atoms with van der Waals surface area (Å²) in [6.45, 7) is 3.42. The standard InChI is InChI=1S/C34H27FN6/c1-21-9-25(12-27(35)10-21)30-19-38-20-33-28(30)14-32(39-33)34-29-13-24(7-8-31(29)40-41-34)26-11-23(17-37-18-26)16-36-15-22-5-3-2-4-6-22/h2-14,17-20,36,39H,15-16H2,1H3,(H,40,41). The third-order valence-corrected chi connectivity index (χ3v) is 7.35. The Morgan fingerprint density at radius 3 is 2.44 bits per heavy atom. The Bertz CT molecular complexity index is 1990. The van der Waals surface area contributed by atoms with Gasteiger partial charge in [0, 0.05) is 53.6 Å². The maximum absolute atomic E-state index is 14.2. The van der Waals surface area contributed by atoms with Crippen molar-refractivity contribution in [3.63, 3.8) is 0 Å². The van der Waals surface area contributed by atoms with Gasteiger partial charge in [-0.3, -0.25) is 15.1 Å². The fraction of sp³-hybridized carbons (Fsp3) is 0.0882. The summed E-state index contributed by atoms with van der Waals surface area (Å²) in [5, 5.41) is 13.3. The molecule has 0 unspecified atom stereocenters. The molecule has 0 aliphatic carbocycles. The van der Waals surface area contributed by atoms with Gasteiger partial charge < -0.3 is 10.3 Å². The summed E-state index contributed by atoms with van der Waals surface area (Å²) in [5.74, 6) is -0.260. The number of fused-ring (bicyclic) bond motifs is 2.